The lowest BCUT2D eigenvalue weighted by Crippen LogP contribution is -2.49. The molecule has 0 saturated heterocycles. The molecule has 0 aliphatic rings. The fraction of sp³-hybridized carbons (Fsp3) is 0.200. The van der Waals surface area contributed by atoms with E-state index >= 15 is 0 Å². The number of carbonyl (C=O) groups is 2. The van der Waals surface area contributed by atoms with Crippen molar-refractivity contribution >= 4 is 11.9 Å². The maximum atomic E-state index is 13.0. The topological polar surface area (TPSA) is 66.4 Å². The summed E-state index contributed by atoms with van der Waals surface area (Å²) >= 11 is 0. The summed E-state index contributed by atoms with van der Waals surface area (Å²) in [6.45, 7) is 1.78. The minimum Gasteiger partial charge on any atom is -0.480 e. The number of carboxylic acid groups (broad SMARTS) is 1. The first-order valence-electron chi connectivity index (χ1n) is 7.58. The van der Waals surface area contributed by atoms with Gasteiger partial charge in [-0.05, 0) is 18.1 Å². The predicted molar refractivity (Wildman–Crippen MR) is 92.4 cm³/mol. The number of amides is 1. The van der Waals surface area contributed by atoms with Gasteiger partial charge in [0.1, 0.15) is 6.04 Å². The van der Waals surface area contributed by atoms with Crippen LogP contribution in [0.25, 0.3) is 0 Å². The van der Waals surface area contributed by atoms with Crippen LogP contribution in [0.4, 0.5) is 0 Å². The molecule has 2 rings (SSSR count). The predicted octanol–water partition coefficient (Wildman–Crippen LogP) is 2.59. The fourth-order valence-corrected chi connectivity index (χ4v) is 2.59. The van der Waals surface area contributed by atoms with Gasteiger partial charge in [-0.2, -0.15) is 0 Å². The zero-order valence-corrected chi connectivity index (χ0v) is 13.4. The lowest BCUT2D eigenvalue weighted by atomic mass is 9.75. The molecule has 0 spiro atoms. The van der Waals surface area contributed by atoms with E-state index in [9.17, 15) is 14.7 Å². The van der Waals surface area contributed by atoms with Gasteiger partial charge in [0.15, 0.2) is 0 Å². The summed E-state index contributed by atoms with van der Waals surface area (Å²) in [5.74, 6) is 0.741. The number of nitrogens with one attached hydrogen (secondary N) is 1. The number of carboxylic acids is 1. The van der Waals surface area contributed by atoms with Gasteiger partial charge in [0.05, 0.1) is 5.41 Å². The van der Waals surface area contributed by atoms with E-state index in [0.29, 0.717) is 0 Å². The van der Waals surface area contributed by atoms with E-state index in [0.717, 1.165) is 11.1 Å². The molecule has 4 heteroatoms. The average molecular weight is 321 g/mol. The highest BCUT2D eigenvalue weighted by molar-refractivity contribution is 5.94. The maximum Gasteiger partial charge on any atom is 0.327 e. The molecule has 0 bridgehead atoms. The largest absolute Gasteiger partial charge is 0.480 e. The second kappa shape index (κ2) is 7.47. The molecule has 0 fully saturated rings. The van der Waals surface area contributed by atoms with Crippen molar-refractivity contribution in [2.75, 3.05) is 0 Å². The van der Waals surface area contributed by atoms with Gasteiger partial charge in [0.2, 0.25) is 5.91 Å². The van der Waals surface area contributed by atoms with Crippen molar-refractivity contribution in [3.05, 3.63) is 71.8 Å². The normalized spacial score (nSPS) is 12.0. The van der Waals surface area contributed by atoms with Crippen molar-refractivity contribution in [3.8, 4) is 12.3 Å². The van der Waals surface area contributed by atoms with Gasteiger partial charge in [-0.15, -0.1) is 12.3 Å². The van der Waals surface area contributed by atoms with Crippen molar-refractivity contribution in [2.45, 2.75) is 24.8 Å². The van der Waals surface area contributed by atoms with Gasteiger partial charge in [0, 0.05) is 6.42 Å². The van der Waals surface area contributed by atoms with Crippen LogP contribution in [-0.2, 0) is 15.0 Å². The number of aliphatic carboxylic acids is 1. The van der Waals surface area contributed by atoms with Crippen molar-refractivity contribution in [1.82, 2.24) is 5.32 Å². The molecule has 2 aromatic carbocycles. The second-order valence-corrected chi connectivity index (χ2v) is 5.63. The Bertz CT molecular complexity index is 708. The molecular weight excluding hydrogens is 302 g/mol. The summed E-state index contributed by atoms with van der Waals surface area (Å²) in [7, 11) is 0. The number of carbonyl (C=O) groups excluding carboxylic acids is 1. The van der Waals surface area contributed by atoms with Crippen molar-refractivity contribution in [3.63, 3.8) is 0 Å². The van der Waals surface area contributed by atoms with Crippen molar-refractivity contribution < 1.29 is 14.7 Å². The van der Waals surface area contributed by atoms with Crippen LogP contribution in [0.2, 0.25) is 0 Å². The highest BCUT2D eigenvalue weighted by Gasteiger charge is 2.38. The zero-order valence-electron chi connectivity index (χ0n) is 13.4. The maximum absolute atomic E-state index is 13.0. The van der Waals surface area contributed by atoms with Gasteiger partial charge in [0.25, 0.3) is 0 Å². The van der Waals surface area contributed by atoms with E-state index in [1.165, 1.54) is 0 Å². The molecule has 0 saturated carbocycles. The summed E-state index contributed by atoms with van der Waals surface area (Å²) in [4.78, 5) is 24.3. The van der Waals surface area contributed by atoms with Crippen LogP contribution in [0.3, 0.4) is 0 Å². The monoisotopic (exact) mass is 321 g/mol. The third-order valence-electron chi connectivity index (χ3n) is 4.08. The first kappa shape index (κ1) is 17.3. The number of hydrogen-bond acceptors (Lipinski definition) is 2. The Morgan fingerprint density at radius 1 is 1.08 bits per heavy atom. The molecule has 1 amide bonds. The molecule has 2 N–H and O–H groups in total. The Hall–Kier alpha value is -3.06. The standard InChI is InChI=1S/C20H19NO3/c1-3-10-17(18(22)23)21-19(24)20(2,15-11-6-4-7-12-15)16-13-8-5-9-14-16/h1,4-9,11-14,17H,10H2,2H3,(H,21,24)(H,22,23)/t17-/m1/s1. The number of benzene rings is 2. The third-order valence-corrected chi connectivity index (χ3v) is 4.08. The highest BCUT2D eigenvalue weighted by atomic mass is 16.4. The van der Waals surface area contributed by atoms with Crippen LogP contribution in [0.1, 0.15) is 24.5 Å². The van der Waals surface area contributed by atoms with Gasteiger partial charge in [-0.3, -0.25) is 4.79 Å². The fourth-order valence-electron chi connectivity index (χ4n) is 2.59. The van der Waals surface area contributed by atoms with E-state index in [2.05, 4.69) is 11.2 Å². The summed E-state index contributed by atoms with van der Waals surface area (Å²) in [6, 6.07) is 17.4. The van der Waals surface area contributed by atoms with Crippen LogP contribution in [0, 0.1) is 12.3 Å². The summed E-state index contributed by atoms with van der Waals surface area (Å²) < 4.78 is 0. The van der Waals surface area contributed by atoms with Crippen molar-refractivity contribution in [1.29, 1.82) is 0 Å². The Labute approximate surface area is 141 Å². The quantitative estimate of drug-likeness (QED) is 0.804. The van der Waals surface area contributed by atoms with Crippen molar-refractivity contribution in [2.24, 2.45) is 0 Å². The molecule has 1 atom stereocenters. The number of hydrogen-bond donors (Lipinski definition) is 2. The Kier molecular flexibility index (Phi) is 5.39. The van der Waals surface area contributed by atoms with Gasteiger partial charge in [-0.1, -0.05) is 60.7 Å². The molecule has 4 nitrogen and oxygen atoms in total. The van der Waals surface area contributed by atoms with E-state index < -0.39 is 23.3 Å². The number of rotatable bonds is 6. The zero-order chi connectivity index (χ0) is 17.6. The minimum absolute atomic E-state index is 0.0687. The molecule has 0 aliphatic carbocycles. The molecule has 0 radical (unpaired) electrons. The number of terminal acetylenes is 1. The molecule has 122 valence electrons. The van der Waals surface area contributed by atoms with Crippen LogP contribution < -0.4 is 5.32 Å². The molecular formula is C20H19NO3. The molecule has 2 aromatic rings. The average Bonchev–Trinajstić information content (AvgIpc) is 2.62. The molecule has 0 aromatic heterocycles. The van der Waals surface area contributed by atoms with E-state index in [1.807, 2.05) is 60.7 Å². The van der Waals surface area contributed by atoms with Gasteiger partial charge < -0.3 is 10.4 Å². The second-order valence-electron chi connectivity index (χ2n) is 5.63. The minimum atomic E-state index is -1.15. The van der Waals surface area contributed by atoms with Gasteiger partial charge >= 0.3 is 5.97 Å². The van der Waals surface area contributed by atoms with E-state index in [4.69, 9.17) is 6.42 Å². The highest BCUT2D eigenvalue weighted by Crippen LogP contribution is 2.32. The van der Waals surface area contributed by atoms with E-state index in [1.54, 1.807) is 6.92 Å². The summed E-state index contributed by atoms with van der Waals surface area (Å²) in [5, 5.41) is 11.8. The third kappa shape index (κ3) is 3.47. The van der Waals surface area contributed by atoms with E-state index in [-0.39, 0.29) is 6.42 Å². The van der Waals surface area contributed by atoms with Gasteiger partial charge in [-0.25, -0.2) is 4.79 Å². The first-order valence-corrected chi connectivity index (χ1v) is 7.58. The molecule has 24 heavy (non-hydrogen) atoms. The lowest BCUT2D eigenvalue weighted by Gasteiger charge is -2.30. The Balaban J connectivity index is 2.46. The molecule has 0 unspecified atom stereocenters. The summed E-state index contributed by atoms with van der Waals surface area (Å²) in [6.07, 6.45) is 5.14. The van der Waals surface area contributed by atoms with Crippen LogP contribution in [-0.4, -0.2) is 23.0 Å². The SMILES string of the molecule is C#CC[C@@H](NC(=O)C(C)(c1ccccc1)c1ccccc1)C(=O)O. The van der Waals surface area contributed by atoms with Crippen LogP contribution >= 0.6 is 0 Å². The molecule has 0 aliphatic heterocycles. The Morgan fingerprint density at radius 2 is 1.54 bits per heavy atom. The van der Waals surface area contributed by atoms with Crippen LogP contribution in [0.15, 0.2) is 60.7 Å². The summed E-state index contributed by atoms with van der Waals surface area (Å²) in [5.41, 5.74) is 0.530. The first-order chi connectivity index (χ1) is 11.5. The lowest BCUT2D eigenvalue weighted by molar-refractivity contribution is -0.142. The smallest absolute Gasteiger partial charge is 0.327 e. The molecule has 0 heterocycles. The Morgan fingerprint density at radius 3 is 1.92 bits per heavy atom. The van der Waals surface area contributed by atoms with Crippen LogP contribution in [0.5, 0.6) is 0 Å².